The zero-order valence-electron chi connectivity index (χ0n) is 17.1. The van der Waals surface area contributed by atoms with Crippen molar-refractivity contribution in [1.82, 2.24) is 20.2 Å². The predicted octanol–water partition coefficient (Wildman–Crippen LogP) is 4.32. The molecule has 0 spiro atoms. The molecule has 0 N–H and O–H groups in total. The Bertz CT molecular complexity index is 1090. The Balaban J connectivity index is 1.48. The number of likely N-dealkylation sites (tertiary alicyclic amines) is 1. The topological polar surface area (TPSA) is 72.1 Å². The van der Waals surface area contributed by atoms with Crippen molar-refractivity contribution in [2.24, 2.45) is 0 Å². The molecule has 0 bridgehead atoms. The van der Waals surface area contributed by atoms with E-state index in [4.69, 9.17) is 0 Å². The summed E-state index contributed by atoms with van der Waals surface area (Å²) in [7, 11) is 0. The van der Waals surface area contributed by atoms with Crippen LogP contribution in [0, 0.1) is 13.8 Å². The van der Waals surface area contributed by atoms with E-state index < -0.39 is 11.7 Å². The van der Waals surface area contributed by atoms with Gasteiger partial charge in [-0.25, -0.2) is 4.63 Å². The van der Waals surface area contributed by atoms with Gasteiger partial charge in [0.25, 0.3) is 5.91 Å². The van der Waals surface area contributed by atoms with E-state index in [0.29, 0.717) is 25.2 Å². The van der Waals surface area contributed by atoms with Gasteiger partial charge < -0.3 is 4.90 Å². The Morgan fingerprint density at radius 1 is 1.13 bits per heavy atom. The first-order valence-corrected chi connectivity index (χ1v) is 9.93. The molecule has 0 saturated carbocycles. The van der Waals surface area contributed by atoms with Crippen LogP contribution in [0.5, 0.6) is 0 Å². The molecule has 1 saturated heterocycles. The third-order valence-electron chi connectivity index (χ3n) is 5.47. The van der Waals surface area contributed by atoms with Gasteiger partial charge in [-0.15, -0.1) is 0 Å². The van der Waals surface area contributed by atoms with E-state index in [1.54, 1.807) is 11.8 Å². The molecule has 0 unspecified atom stereocenters. The zero-order valence-corrected chi connectivity index (χ0v) is 17.1. The minimum atomic E-state index is -4.34. The number of amides is 1. The average molecular weight is 430 g/mol. The van der Waals surface area contributed by atoms with Crippen molar-refractivity contribution in [1.29, 1.82) is 0 Å². The number of carbonyl (C=O) groups is 1. The highest BCUT2D eigenvalue weighted by Gasteiger charge is 2.32. The Morgan fingerprint density at radius 2 is 1.87 bits per heavy atom. The number of hydrogen-bond donors (Lipinski definition) is 0. The summed E-state index contributed by atoms with van der Waals surface area (Å²) < 4.78 is 43.0. The molecule has 1 aliphatic rings. The lowest BCUT2D eigenvalue weighted by Crippen LogP contribution is -2.29. The number of aryl methyl sites for hydroxylation is 2. The molecule has 1 aliphatic heterocycles. The summed E-state index contributed by atoms with van der Waals surface area (Å²) in [6.07, 6.45) is -3.06. The number of pyridine rings is 1. The Morgan fingerprint density at radius 3 is 2.52 bits per heavy atom. The molecule has 0 aliphatic carbocycles. The van der Waals surface area contributed by atoms with Crippen molar-refractivity contribution in [3.63, 3.8) is 0 Å². The number of halogens is 3. The molecular formula is C22H21F3N4O2. The number of carbonyl (C=O) groups excluding carboxylic acids is 1. The number of aromatic nitrogens is 3. The lowest BCUT2D eigenvalue weighted by atomic mass is 9.98. The van der Waals surface area contributed by atoms with Crippen LogP contribution in [0.25, 0.3) is 0 Å². The molecule has 162 valence electrons. The third-order valence-corrected chi connectivity index (χ3v) is 5.47. The largest absolute Gasteiger partial charge is 0.416 e. The van der Waals surface area contributed by atoms with Crippen molar-refractivity contribution < 1.29 is 22.6 Å². The molecule has 0 radical (unpaired) electrons. The van der Waals surface area contributed by atoms with Crippen LogP contribution in [0.4, 0.5) is 13.2 Å². The fraction of sp³-hybridized carbons (Fsp3) is 0.364. The van der Waals surface area contributed by atoms with Crippen LogP contribution in [-0.4, -0.2) is 39.2 Å². The smallest absolute Gasteiger partial charge is 0.336 e. The van der Waals surface area contributed by atoms with Crippen molar-refractivity contribution in [3.05, 3.63) is 75.9 Å². The summed E-state index contributed by atoms with van der Waals surface area (Å²) in [6, 6.07) is 9.12. The van der Waals surface area contributed by atoms with Crippen LogP contribution in [0.15, 0.2) is 41.0 Å². The number of nitrogens with zero attached hydrogens (tertiary/aromatic N) is 4. The van der Waals surface area contributed by atoms with E-state index in [0.717, 1.165) is 41.1 Å². The summed E-state index contributed by atoms with van der Waals surface area (Å²) in [5.41, 5.74) is 3.51. The molecule has 31 heavy (non-hydrogen) atoms. The molecular weight excluding hydrogens is 409 g/mol. The fourth-order valence-electron chi connectivity index (χ4n) is 3.89. The summed E-state index contributed by atoms with van der Waals surface area (Å²) >= 11 is 0. The molecule has 1 fully saturated rings. The molecule has 4 rings (SSSR count). The second-order valence-corrected chi connectivity index (χ2v) is 7.85. The molecule has 2 aromatic heterocycles. The minimum Gasteiger partial charge on any atom is -0.336 e. The maximum Gasteiger partial charge on any atom is 0.416 e. The SMILES string of the molecule is Cc1cc(Cc2ccc(C(F)(F)F)cc2)cc([C@@H]2CCN(C(=O)c3nonc3C)C2)n1. The van der Waals surface area contributed by atoms with Gasteiger partial charge in [0.2, 0.25) is 0 Å². The van der Waals surface area contributed by atoms with Gasteiger partial charge in [-0.1, -0.05) is 17.3 Å². The molecule has 3 aromatic rings. The standard InChI is InChI=1S/C22H21F3N4O2/c1-13-9-16(10-15-3-5-18(6-4-15)22(23,24)25)11-19(26-13)17-7-8-29(12-17)21(30)20-14(2)27-31-28-20/h3-6,9,11,17H,7-8,10,12H2,1-2H3/t17-/m1/s1. The minimum absolute atomic E-state index is 0.0790. The quantitative estimate of drug-likeness (QED) is 0.617. The van der Waals surface area contributed by atoms with Crippen LogP contribution >= 0.6 is 0 Å². The van der Waals surface area contributed by atoms with E-state index in [1.165, 1.54) is 12.1 Å². The van der Waals surface area contributed by atoms with Crippen LogP contribution in [0.2, 0.25) is 0 Å². The van der Waals surface area contributed by atoms with Gasteiger partial charge in [0.1, 0.15) is 5.69 Å². The first kappa shape index (κ1) is 21.0. The maximum atomic E-state index is 12.8. The predicted molar refractivity (Wildman–Crippen MR) is 106 cm³/mol. The highest BCUT2D eigenvalue weighted by Crippen LogP contribution is 2.30. The molecule has 1 aromatic carbocycles. The Hall–Kier alpha value is -3.23. The Labute approximate surface area is 177 Å². The number of alkyl halides is 3. The van der Waals surface area contributed by atoms with E-state index in [1.807, 2.05) is 19.1 Å². The van der Waals surface area contributed by atoms with Gasteiger partial charge in [-0.3, -0.25) is 9.78 Å². The lowest BCUT2D eigenvalue weighted by molar-refractivity contribution is -0.137. The van der Waals surface area contributed by atoms with E-state index in [9.17, 15) is 18.0 Å². The van der Waals surface area contributed by atoms with Crippen LogP contribution < -0.4 is 0 Å². The fourth-order valence-corrected chi connectivity index (χ4v) is 3.89. The third kappa shape index (κ3) is 4.60. The Kier molecular flexibility index (Phi) is 5.51. The molecule has 9 heteroatoms. The van der Waals surface area contributed by atoms with Gasteiger partial charge in [0.05, 0.1) is 5.56 Å². The van der Waals surface area contributed by atoms with Crippen molar-refractivity contribution >= 4 is 5.91 Å². The first-order chi connectivity index (χ1) is 14.7. The molecule has 6 nitrogen and oxygen atoms in total. The van der Waals surface area contributed by atoms with Gasteiger partial charge in [-0.05, 0) is 67.2 Å². The molecule has 1 atom stereocenters. The number of hydrogen-bond acceptors (Lipinski definition) is 5. The monoisotopic (exact) mass is 430 g/mol. The maximum absolute atomic E-state index is 12.8. The summed E-state index contributed by atoms with van der Waals surface area (Å²) in [4.78, 5) is 19.0. The second kappa shape index (κ2) is 8.13. The first-order valence-electron chi connectivity index (χ1n) is 9.93. The van der Waals surface area contributed by atoms with E-state index in [-0.39, 0.29) is 17.5 Å². The highest BCUT2D eigenvalue weighted by molar-refractivity contribution is 5.93. The normalized spacial score (nSPS) is 16.7. The highest BCUT2D eigenvalue weighted by atomic mass is 19.4. The van der Waals surface area contributed by atoms with Gasteiger partial charge in [0, 0.05) is 30.4 Å². The van der Waals surface area contributed by atoms with Gasteiger partial charge in [0.15, 0.2) is 5.69 Å². The molecule has 3 heterocycles. The van der Waals surface area contributed by atoms with Crippen molar-refractivity contribution in [3.8, 4) is 0 Å². The van der Waals surface area contributed by atoms with Crippen molar-refractivity contribution in [2.75, 3.05) is 13.1 Å². The molecule has 1 amide bonds. The lowest BCUT2D eigenvalue weighted by Gasteiger charge is -2.16. The van der Waals surface area contributed by atoms with Crippen LogP contribution in [-0.2, 0) is 12.6 Å². The van der Waals surface area contributed by atoms with E-state index in [2.05, 4.69) is 19.9 Å². The number of rotatable bonds is 4. The summed E-state index contributed by atoms with van der Waals surface area (Å²) in [5.74, 6) is -0.130. The van der Waals surface area contributed by atoms with Gasteiger partial charge >= 0.3 is 6.18 Å². The van der Waals surface area contributed by atoms with Crippen LogP contribution in [0.1, 0.15) is 56.6 Å². The second-order valence-electron chi connectivity index (χ2n) is 7.85. The van der Waals surface area contributed by atoms with E-state index >= 15 is 0 Å². The average Bonchev–Trinajstić information content (AvgIpc) is 3.36. The van der Waals surface area contributed by atoms with Gasteiger partial charge in [-0.2, -0.15) is 13.2 Å². The zero-order chi connectivity index (χ0) is 22.2. The van der Waals surface area contributed by atoms with Crippen LogP contribution in [0.3, 0.4) is 0 Å². The summed E-state index contributed by atoms with van der Waals surface area (Å²) in [5, 5.41) is 7.35. The number of benzene rings is 1. The van der Waals surface area contributed by atoms with Crippen molar-refractivity contribution in [2.45, 2.75) is 38.8 Å². The summed E-state index contributed by atoms with van der Waals surface area (Å²) in [6.45, 7) is 4.66.